The molecule has 2 aromatic rings. The molecule has 122 valence electrons. The Morgan fingerprint density at radius 2 is 2.13 bits per heavy atom. The maximum absolute atomic E-state index is 12.2. The summed E-state index contributed by atoms with van der Waals surface area (Å²) < 4.78 is 10.1. The molecule has 0 spiro atoms. The van der Waals surface area contributed by atoms with Gasteiger partial charge in [-0.3, -0.25) is 14.5 Å². The van der Waals surface area contributed by atoms with Crippen molar-refractivity contribution < 1.29 is 18.8 Å². The Labute approximate surface area is 138 Å². The summed E-state index contributed by atoms with van der Waals surface area (Å²) in [6, 6.07) is 6.43. The van der Waals surface area contributed by atoms with Crippen LogP contribution >= 0.6 is 11.6 Å². The standard InChI is InChI=1S/C15H16ClN3O4/c1-9-6-14(18-23-9)19(10(2)20)8-15(21)17-12-7-11(16)4-5-13(12)22-3/h4-7H,8H2,1-3H3,(H,17,21). The summed E-state index contributed by atoms with van der Waals surface area (Å²) >= 11 is 5.92. The number of amides is 2. The second-order valence-corrected chi connectivity index (χ2v) is 5.23. The second-order valence-electron chi connectivity index (χ2n) is 4.79. The molecule has 1 N–H and O–H groups in total. The molecule has 0 fully saturated rings. The van der Waals surface area contributed by atoms with Crippen LogP contribution < -0.4 is 15.0 Å². The molecule has 0 saturated carbocycles. The molecular formula is C15H16ClN3O4. The highest BCUT2D eigenvalue weighted by atomic mass is 35.5. The number of nitrogens with zero attached hydrogens (tertiary/aromatic N) is 2. The minimum Gasteiger partial charge on any atom is -0.495 e. The Morgan fingerprint density at radius 1 is 1.39 bits per heavy atom. The fourth-order valence-electron chi connectivity index (χ4n) is 1.95. The normalized spacial score (nSPS) is 10.3. The van der Waals surface area contributed by atoms with E-state index in [0.717, 1.165) is 0 Å². The molecule has 7 nitrogen and oxygen atoms in total. The van der Waals surface area contributed by atoms with Crippen molar-refractivity contribution in [1.29, 1.82) is 0 Å². The fourth-order valence-corrected chi connectivity index (χ4v) is 2.12. The highest BCUT2D eigenvalue weighted by Crippen LogP contribution is 2.27. The zero-order valence-corrected chi connectivity index (χ0v) is 13.7. The zero-order valence-electron chi connectivity index (χ0n) is 12.9. The van der Waals surface area contributed by atoms with Gasteiger partial charge in [0, 0.05) is 18.0 Å². The lowest BCUT2D eigenvalue weighted by Gasteiger charge is -2.18. The first-order chi connectivity index (χ1) is 10.9. The van der Waals surface area contributed by atoms with Gasteiger partial charge < -0.3 is 14.6 Å². The van der Waals surface area contributed by atoms with Crippen LogP contribution in [0, 0.1) is 6.92 Å². The van der Waals surface area contributed by atoms with Gasteiger partial charge in [-0.05, 0) is 25.1 Å². The number of halogens is 1. The molecule has 0 aliphatic carbocycles. The van der Waals surface area contributed by atoms with Crippen LogP contribution in [0.1, 0.15) is 12.7 Å². The number of nitrogens with one attached hydrogen (secondary N) is 1. The molecule has 2 rings (SSSR count). The van der Waals surface area contributed by atoms with Crippen LogP contribution in [0.2, 0.25) is 5.02 Å². The molecule has 0 aliphatic rings. The van der Waals surface area contributed by atoms with E-state index >= 15 is 0 Å². The second kappa shape index (κ2) is 7.15. The van der Waals surface area contributed by atoms with Crippen molar-refractivity contribution in [3.05, 3.63) is 35.0 Å². The van der Waals surface area contributed by atoms with Crippen molar-refractivity contribution in [2.24, 2.45) is 0 Å². The van der Waals surface area contributed by atoms with Gasteiger partial charge in [-0.15, -0.1) is 0 Å². The Kier molecular flexibility index (Phi) is 5.23. The summed E-state index contributed by atoms with van der Waals surface area (Å²) in [5.74, 6) is 0.550. The molecule has 0 atom stereocenters. The third-order valence-corrected chi connectivity index (χ3v) is 3.24. The highest BCUT2D eigenvalue weighted by molar-refractivity contribution is 6.31. The number of methoxy groups -OCH3 is 1. The summed E-state index contributed by atoms with van der Waals surface area (Å²) in [7, 11) is 1.49. The van der Waals surface area contributed by atoms with Crippen LogP contribution in [0.4, 0.5) is 11.5 Å². The SMILES string of the molecule is COc1ccc(Cl)cc1NC(=O)CN(C(C)=O)c1cc(C)on1. The molecule has 0 radical (unpaired) electrons. The molecule has 0 unspecified atom stereocenters. The van der Waals surface area contributed by atoms with Gasteiger partial charge in [0.25, 0.3) is 0 Å². The van der Waals surface area contributed by atoms with Crippen molar-refractivity contribution in [2.45, 2.75) is 13.8 Å². The molecule has 0 bridgehead atoms. The van der Waals surface area contributed by atoms with E-state index in [0.29, 0.717) is 22.2 Å². The van der Waals surface area contributed by atoms with Crippen molar-refractivity contribution in [3.8, 4) is 5.75 Å². The van der Waals surface area contributed by atoms with E-state index in [1.165, 1.54) is 18.9 Å². The van der Waals surface area contributed by atoms with Gasteiger partial charge in [0.15, 0.2) is 5.82 Å². The monoisotopic (exact) mass is 337 g/mol. The summed E-state index contributed by atoms with van der Waals surface area (Å²) in [5, 5.41) is 6.87. The van der Waals surface area contributed by atoms with Crippen LogP contribution in [0.25, 0.3) is 0 Å². The number of benzene rings is 1. The highest BCUT2D eigenvalue weighted by Gasteiger charge is 2.20. The third kappa shape index (κ3) is 4.23. The van der Waals surface area contributed by atoms with Crippen molar-refractivity contribution in [3.63, 3.8) is 0 Å². The van der Waals surface area contributed by atoms with Crippen LogP contribution in [-0.2, 0) is 9.59 Å². The van der Waals surface area contributed by atoms with E-state index in [-0.39, 0.29) is 18.3 Å². The Hall–Kier alpha value is -2.54. The largest absolute Gasteiger partial charge is 0.495 e. The lowest BCUT2D eigenvalue weighted by Crippen LogP contribution is -2.37. The first-order valence-electron chi connectivity index (χ1n) is 6.75. The number of carbonyl (C=O) groups excluding carboxylic acids is 2. The molecule has 23 heavy (non-hydrogen) atoms. The van der Waals surface area contributed by atoms with Crippen LogP contribution in [-0.4, -0.2) is 30.6 Å². The first-order valence-corrected chi connectivity index (χ1v) is 7.13. The van der Waals surface area contributed by atoms with Crippen LogP contribution in [0.15, 0.2) is 28.8 Å². The molecule has 1 aromatic carbocycles. The topological polar surface area (TPSA) is 84.7 Å². The van der Waals surface area contributed by atoms with E-state index in [9.17, 15) is 9.59 Å². The van der Waals surface area contributed by atoms with E-state index in [1.807, 2.05) is 0 Å². The predicted molar refractivity (Wildman–Crippen MR) is 85.9 cm³/mol. The number of anilines is 2. The Balaban J connectivity index is 2.14. The van der Waals surface area contributed by atoms with Gasteiger partial charge in [0.1, 0.15) is 18.1 Å². The summed E-state index contributed by atoms with van der Waals surface area (Å²) in [5.41, 5.74) is 0.421. The average molecular weight is 338 g/mol. The number of ether oxygens (including phenoxy) is 1. The Morgan fingerprint density at radius 3 is 2.70 bits per heavy atom. The van der Waals surface area contributed by atoms with Gasteiger partial charge in [0.05, 0.1) is 12.8 Å². The van der Waals surface area contributed by atoms with Crippen LogP contribution in [0.5, 0.6) is 5.75 Å². The quantitative estimate of drug-likeness (QED) is 0.906. The number of hydrogen-bond acceptors (Lipinski definition) is 5. The smallest absolute Gasteiger partial charge is 0.244 e. The van der Waals surface area contributed by atoms with Crippen molar-refractivity contribution in [1.82, 2.24) is 5.16 Å². The van der Waals surface area contributed by atoms with Gasteiger partial charge in [-0.2, -0.15) is 0 Å². The average Bonchev–Trinajstić information content (AvgIpc) is 2.91. The fraction of sp³-hybridized carbons (Fsp3) is 0.267. The summed E-state index contributed by atoms with van der Waals surface area (Å²) in [4.78, 5) is 25.2. The molecule has 1 heterocycles. The Bertz CT molecular complexity index is 729. The number of aromatic nitrogens is 1. The number of hydrogen-bond donors (Lipinski definition) is 1. The number of carbonyl (C=O) groups is 2. The summed E-state index contributed by atoms with van der Waals surface area (Å²) in [6.07, 6.45) is 0. The minimum atomic E-state index is -0.415. The predicted octanol–water partition coefficient (Wildman–Crippen LogP) is 2.64. The minimum absolute atomic E-state index is 0.211. The maximum Gasteiger partial charge on any atom is 0.244 e. The van der Waals surface area contributed by atoms with Crippen LogP contribution in [0.3, 0.4) is 0 Å². The van der Waals surface area contributed by atoms with E-state index < -0.39 is 5.91 Å². The molecule has 1 aromatic heterocycles. The van der Waals surface area contributed by atoms with Gasteiger partial charge in [0.2, 0.25) is 11.8 Å². The lowest BCUT2D eigenvalue weighted by atomic mass is 10.3. The number of rotatable bonds is 5. The van der Waals surface area contributed by atoms with Gasteiger partial charge in [-0.25, -0.2) is 0 Å². The van der Waals surface area contributed by atoms with E-state index in [4.69, 9.17) is 20.9 Å². The molecule has 0 aliphatic heterocycles. The van der Waals surface area contributed by atoms with E-state index in [1.54, 1.807) is 31.2 Å². The molecular weight excluding hydrogens is 322 g/mol. The molecule has 0 saturated heterocycles. The molecule has 2 amide bonds. The summed E-state index contributed by atoms with van der Waals surface area (Å²) in [6.45, 7) is 2.83. The maximum atomic E-state index is 12.2. The van der Waals surface area contributed by atoms with E-state index in [2.05, 4.69) is 10.5 Å². The lowest BCUT2D eigenvalue weighted by molar-refractivity contribution is -0.120. The van der Waals surface area contributed by atoms with Crippen molar-refractivity contribution in [2.75, 3.05) is 23.9 Å². The third-order valence-electron chi connectivity index (χ3n) is 3.01. The van der Waals surface area contributed by atoms with Gasteiger partial charge >= 0.3 is 0 Å². The molecule has 8 heteroatoms. The zero-order chi connectivity index (χ0) is 17.0. The van der Waals surface area contributed by atoms with Gasteiger partial charge in [-0.1, -0.05) is 16.8 Å². The first kappa shape index (κ1) is 16.8. The van der Waals surface area contributed by atoms with Crippen molar-refractivity contribution >= 4 is 34.9 Å². The number of aryl methyl sites for hydroxylation is 1.